The number of nitrogens with one attached hydrogen (secondary N) is 2. The van der Waals surface area contributed by atoms with E-state index in [9.17, 15) is 4.79 Å². The molecule has 0 atom stereocenters. The van der Waals surface area contributed by atoms with E-state index in [1.54, 1.807) is 16.9 Å². The van der Waals surface area contributed by atoms with Crippen LogP contribution in [0.4, 0.5) is 5.69 Å². The van der Waals surface area contributed by atoms with Crippen molar-refractivity contribution in [3.63, 3.8) is 0 Å². The lowest BCUT2D eigenvalue weighted by atomic mass is 10.0. The predicted octanol–water partition coefficient (Wildman–Crippen LogP) is 5.64. The molecule has 0 saturated heterocycles. The summed E-state index contributed by atoms with van der Waals surface area (Å²) in [5, 5.41) is 15.5. The SMILES string of the molecule is COc1ccc(C(=O)NC(=S)Nc2cc3nn(-c4ccc(C(C)C)cc4)nc3cc2C)cc1Cl. The summed E-state index contributed by atoms with van der Waals surface area (Å²) in [6, 6.07) is 16.8. The van der Waals surface area contributed by atoms with Crippen LogP contribution in [0.3, 0.4) is 0 Å². The van der Waals surface area contributed by atoms with Gasteiger partial charge < -0.3 is 10.1 Å². The number of methoxy groups -OCH3 is 1. The molecule has 0 saturated carbocycles. The molecule has 0 aliphatic heterocycles. The second-order valence-electron chi connectivity index (χ2n) is 8.15. The Hall–Kier alpha value is -3.49. The number of amides is 1. The Bertz CT molecular complexity index is 1380. The summed E-state index contributed by atoms with van der Waals surface area (Å²) in [6.45, 7) is 6.25. The first-order chi connectivity index (χ1) is 16.2. The summed E-state index contributed by atoms with van der Waals surface area (Å²) in [5.74, 6) is 0.573. The molecule has 4 aromatic rings. The third kappa shape index (κ3) is 5.03. The summed E-state index contributed by atoms with van der Waals surface area (Å²) in [5.41, 5.74) is 5.62. The van der Waals surface area contributed by atoms with Crippen LogP contribution in [0.25, 0.3) is 16.7 Å². The molecule has 9 heteroatoms. The van der Waals surface area contributed by atoms with Gasteiger partial charge >= 0.3 is 0 Å². The van der Waals surface area contributed by atoms with E-state index in [2.05, 4.69) is 46.8 Å². The molecule has 0 aliphatic carbocycles. The van der Waals surface area contributed by atoms with E-state index in [-0.39, 0.29) is 11.0 Å². The molecular weight excluding hydrogens is 470 g/mol. The Morgan fingerprint density at radius 2 is 1.74 bits per heavy atom. The fourth-order valence-corrected chi connectivity index (χ4v) is 3.91. The summed E-state index contributed by atoms with van der Waals surface area (Å²) >= 11 is 11.5. The van der Waals surface area contributed by atoms with Gasteiger partial charge in [0.15, 0.2) is 5.11 Å². The molecular formula is C25H24ClN5O2S. The van der Waals surface area contributed by atoms with Crippen molar-refractivity contribution in [1.29, 1.82) is 0 Å². The van der Waals surface area contributed by atoms with Gasteiger partial charge in [-0.2, -0.15) is 4.80 Å². The number of hydrogen-bond acceptors (Lipinski definition) is 5. The zero-order chi connectivity index (χ0) is 24.4. The molecule has 7 nitrogen and oxygen atoms in total. The molecule has 1 amide bonds. The summed E-state index contributed by atoms with van der Waals surface area (Å²) < 4.78 is 5.12. The molecule has 0 aliphatic rings. The molecule has 4 rings (SSSR count). The number of fused-ring (bicyclic) bond motifs is 1. The van der Waals surface area contributed by atoms with Gasteiger partial charge in [-0.3, -0.25) is 10.1 Å². The van der Waals surface area contributed by atoms with Crippen molar-refractivity contribution in [1.82, 2.24) is 20.3 Å². The lowest BCUT2D eigenvalue weighted by molar-refractivity contribution is 0.0977. The second kappa shape index (κ2) is 9.79. The van der Waals surface area contributed by atoms with E-state index in [0.717, 1.165) is 22.5 Å². The largest absolute Gasteiger partial charge is 0.495 e. The van der Waals surface area contributed by atoms with Crippen molar-refractivity contribution in [2.75, 3.05) is 12.4 Å². The van der Waals surface area contributed by atoms with Gasteiger partial charge in [0.1, 0.15) is 16.8 Å². The minimum Gasteiger partial charge on any atom is -0.495 e. The van der Waals surface area contributed by atoms with E-state index in [0.29, 0.717) is 27.8 Å². The molecule has 0 radical (unpaired) electrons. The number of aryl methyl sites for hydroxylation is 1. The van der Waals surface area contributed by atoms with E-state index < -0.39 is 0 Å². The average Bonchev–Trinajstić information content (AvgIpc) is 3.21. The first-order valence-electron chi connectivity index (χ1n) is 10.7. The average molecular weight is 494 g/mol. The number of halogens is 1. The molecule has 174 valence electrons. The van der Waals surface area contributed by atoms with Crippen LogP contribution in [-0.4, -0.2) is 33.1 Å². The minimum atomic E-state index is -0.378. The van der Waals surface area contributed by atoms with Crippen molar-refractivity contribution in [2.45, 2.75) is 26.7 Å². The number of thiocarbonyl (C=S) groups is 1. The van der Waals surface area contributed by atoms with Crippen LogP contribution in [0.1, 0.15) is 41.3 Å². The topological polar surface area (TPSA) is 81.1 Å². The van der Waals surface area contributed by atoms with Crippen molar-refractivity contribution >= 4 is 51.6 Å². The predicted molar refractivity (Wildman–Crippen MR) is 139 cm³/mol. The number of anilines is 1. The standard InChI is InChI=1S/C25H24ClN5O2S/c1-14(2)16-5-8-18(9-6-16)31-29-21-11-15(3)20(13-22(21)30-31)27-25(34)28-24(32)17-7-10-23(33-4)19(26)12-17/h5-14H,1-4H3,(H2,27,28,32,34). The molecule has 2 N–H and O–H groups in total. The Balaban J connectivity index is 1.50. The molecule has 1 aromatic heterocycles. The quantitative estimate of drug-likeness (QED) is 0.350. The van der Waals surface area contributed by atoms with Crippen molar-refractivity contribution in [3.05, 3.63) is 76.3 Å². The van der Waals surface area contributed by atoms with Gasteiger partial charge in [0.2, 0.25) is 0 Å². The van der Waals surface area contributed by atoms with Crippen LogP contribution in [0, 0.1) is 6.92 Å². The smallest absolute Gasteiger partial charge is 0.257 e. The van der Waals surface area contributed by atoms with Gasteiger partial charge in [0.25, 0.3) is 5.91 Å². The summed E-state index contributed by atoms with van der Waals surface area (Å²) in [6.07, 6.45) is 0. The van der Waals surface area contributed by atoms with Crippen molar-refractivity contribution in [3.8, 4) is 11.4 Å². The fraction of sp³-hybridized carbons (Fsp3) is 0.200. The first kappa shape index (κ1) is 23.7. The highest BCUT2D eigenvalue weighted by molar-refractivity contribution is 7.80. The van der Waals surface area contributed by atoms with Gasteiger partial charge in [-0.05, 0) is 78.7 Å². The second-order valence-corrected chi connectivity index (χ2v) is 8.96. The molecule has 1 heterocycles. The number of carbonyl (C=O) groups is 1. The fourth-order valence-electron chi connectivity index (χ4n) is 3.45. The van der Waals surface area contributed by atoms with Gasteiger partial charge in [0.05, 0.1) is 17.8 Å². The highest BCUT2D eigenvalue weighted by Crippen LogP contribution is 2.25. The molecule has 34 heavy (non-hydrogen) atoms. The zero-order valence-corrected chi connectivity index (χ0v) is 20.8. The van der Waals surface area contributed by atoms with Crippen LogP contribution in [0.15, 0.2) is 54.6 Å². The number of rotatable bonds is 5. The zero-order valence-electron chi connectivity index (χ0n) is 19.2. The Morgan fingerprint density at radius 1 is 1.06 bits per heavy atom. The van der Waals surface area contributed by atoms with Crippen LogP contribution in [0.2, 0.25) is 5.02 Å². The third-order valence-electron chi connectivity index (χ3n) is 5.41. The monoisotopic (exact) mass is 493 g/mol. The van der Waals surface area contributed by atoms with Crippen LogP contribution < -0.4 is 15.4 Å². The summed E-state index contributed by atoms with van der Waals surface area (Å²) in [7, 11) is 1.51. The number of ether oxygens (including phenoxy) is 1. The molecule has 0 unspecified atom stereocenters. The lowest BCUT2D eigenvalue weighted by Gasteiger charge is -2.12. The minimum absolute atomic E-state index is 0.163. The maximum absolute atomic E-state index is 12.6. The Kier molecular flexibility index (Phi) is 6.81. The number of hydrogen-bond donors (Lipinski definition) is 2. The highest BCUT2D eigenvalue weighted by Gasteiger charge is 2.13. The van der Waals surface area contributed by atoms with E-state index in [4.69, 9.17) is 28.6 Å². The highest BCUT2D eigenvalue weighted by atomic mass is 35.5. The van der Waals surface area contributed by atoms with Crippen LogP contribution in [0.5, 0.6) is 5.75 Å². The maximum Gasteiger partial charge on any atom is 0.257 e. The molecule has 0 fully saturated rings. The van der Waals surface area contributed by atoms with Crippen LogP contribution >= 0.6 is 23.8 Å². The maximum atomic E-state index is 12.6. The van der Waals surface area contributed by atoms with E-state index >= 15 is 0 Å². The van der Waals surface area contributed by atoms with Gasteiger partial charge in [-0.1, -0.05) is 37.6 Å². The Morgan fingerprint density at radius 3 is 2.35 bits per heavy atom. The number of benzene rings is 3. The normalized spacial score (nSPS) is 11.0. The van der Waals surface area contributed by atoms with Crippen molar-refractivity contribution in [2.24, 2.45) is 0 Å². The number of nitrogens with zero attached hydrogens (tertiary/aromatic N) is 3. The lowest BCUT2D eigenvalue weighted by Crippen LogP contribution is -2.34. The van der Waals surface area contributed by atoms with E-state index in [1.165, 1.54) is 18.7 Å². The van der Waals surface area contributed by atoms with Gasteiger partial charge in [0, 0.05) is 11.3 Å². The molecule has 0 bridgehead atoms. The van der Waals surface area contributed by atoms with Gasteiger partial charge in [-0.25, -0.2) is 0 Å². The van der Waals surface area contributed by atoms with Crippen molar-refractivity contribution < 1.29 is 9.53 Å². The number of carbonyl (C=O) groups excluding carboxylic acids is 1. The molecule has 3 aromatic carbocycles. The number of aromatic nitrogens is 3. The molecule has 0 spiro atoms. The van der Waals surface area contributed by atoms with E-state index in [1.807, 2.05) is 31.2 Å². The first-order valence-corrected chi connectivity index (χ1v) is 11.5. The van der Waals surface area contributed by atoms with Crippen LogP contribution in [-0.2, 0) is 0 Å². The van der Waals surface area contributed by atoms with Gasteiger partial charge in [-0.15, -0.1) is 10.2 Å². The third-order valence-corrected chi connectivity index (χ3v) is 5.91. The summed E-state index contributed by atoms with van der Waals surface area (Å²) in [4.78, 5) is 14.2. The Labute approximate surface area is 208 Å².